The van der Waals surface area contributed by atoms with E-state index in [0.717, 1.165) is 18.7 Å². The van der Waals surface area contributed by atoms with E-state index in [4.69, 9.17) is 23.1 Å². The van der Waals surface area contributed by atoms with Crippen LogP contribution in [0.3, 0.4) is 0 Å². The van der Waals surface area contributed by atoms with Crippen molar-refractivity contribution in [2.24, 2.45) is 5.73 Å². The minimum absolute atomic E-state index is 0.195. The average Bonchev–Trinajstić information content (AvgIpc) is 2.28. The number of thiocarbonyl (C=S) groups is 1. The zero-order chi connectivity index (χ0) is 12.7. The zero-order valence-electron chi connectivity index (χ0n) is 10.2. The van der Waals surface area contributed by atoms with E-state index in [-0.39, 0.29) is 6.61 Å². The maximum atomic E-state index is 8.94. The standard InChI is InChI=1S/C13H20N2OS/c1-2-15(6-7-16)10-12-5-3-4-11(8-12)9-13(14)17/h3-5,8,16H,2,6-7,9-10H2,1H3,(H2,14,17). The highest BCUT2D eigenvalue weighted by atomic mass is 32.1. The summed E-state index contributed by atoms with van der Waals surface area (Å²) < 4.78 is 0. The maximum Gasteiger partial charge on any atom is 0.0771 e. The van der Waals surface area contributed by atoms with Gasteiger partial charge in [0.05, 0.1) is 11.6 Å². The van der Waals surface area contributed by atoms with Gasteiger partial charge in [0.2, 0.25) is 0 Å². The predicted octanol–water partition coefficient (Wildman–Crippen LogP) is 1.33. The second kappa shape index (κ2) is 7.37. The summed E-state index contributed by atoms with van der Waals surface area (Å²) in [5, 5.41) is 8.94. The Bertz CT molecular complexity index is 368. The molecule has 0 aliphatic carbocycles. The Morgan fingerprint density at radius 3 is 2.71 bits per heavy atom. The largest absolute Gasteiger partial charge is 0.395 e. The molecule has 3 N–H and O–H groups in total. The van der Waals surface area contributed by atoms with Crippen LogP contribution in [-0.2, 0) is 13.0 Å². The lowest BCUT2D eigenvalue weighted by Crippen LogP contribution is -2.26. The average molecular weight is 252 g/mol. The first-order chi connectivity index (χ1) is 8.15. The summed E-state index contributed by atoms with van der Waals surface area (Å²) >= 11 is 4.91. The number of nitrogens with two attached hydrogens (primary N) is 1. The van der Waals surface area contributed by atoms with Gasteiger partial charge in [-0.15, -0.1) is 0 Å². The molecule has 17 heavy (non-hydrogen) atoms. The van der Waals surface area contributed by atoms with Gasteiger partial charge in [0.15, 0.2) is 0 Å². The highest BCUT2D eigenvalue weighted by Crippen LogP contribution is 2.09. The molecule has 0 aromatic heterocycles. The Hall–Kier alpha value is -0.970. The van der Waals surface area contributed by atoms with E-state index in [1.165, 1.54) is 5.56 Å². The smallest absolute Gasteiger partial charge is 0.0771 e. The van der Waals surface area contributed by atoms with E-state index in [1.54, 1.807) is 0 Å². The van der Waals surface area contributed by atoms with Crippen LogP contribution in [0.4, 0.5) is 0 Å². The zero-order valence-corrected chi connectivity index (χ0v) is 11.0. The number of rotatable bonds is 7. The van der Waals surface area contributed by atoms with Crippen molar-refractivity contribution in [1.82, 2.24) is 4.90 Å². The molecule has 0 spiro atoms. The molecule has 94 valence electrons. The molecule has 1 aromatic rings. The molecule has 3 nitrogen and oxygen atoms in total. The summed E-state index contributed by atoms with van der Waals surface area (Å²) in [5.41, 5.74) is 7.92. The van der Waals surface area contributed by atoms with Crippen molar-refractivity contribution >= 4 is 17.2 Å². The quantitative estimate of drug-likeness (QED) is 0.719. The van der Waals surface area contributed by atoms with Gasteiger partial charge >= 0.3 is 0 Å². The molecule has 0 unspecified atom stereocenters. The summed E-state index contributed by atoms with van der Waals surface area (Å²) in [7, 11) is 0. The highest BCUT2D eigenvalue weighted by Gasteiger charge is 2.04. The van der Waals surface area contributed by atoms with E-state index in [1.807, 2.05) is 12.1 Å². The molecule has 0 atom stereocenters. The topological polar surface area (TPSA) is 49.5 Å². The fourth-order valence-corrected chi connectivity index (χ4v) is 1.95. The molecule has 0 saturated carbocycles. The van der Waals surface area contributed by atoms with Crippen molar-refractivity contribution in [3.05, 3.63) is 35.4 Å². The molecule has 0 aliphatic rings. The monoisotopic (exact) mass is 252 g/mol. The van der Waals surface area contributed by atoms with E-state index in [0.29, 0.717) is 18.0 Å². The van der Waals surface area contributed by atoms with Crippen LogP contribution >= 0.6 is 12.2 Å². The van der Waals surface area contributed by atoms with Crippen LogP contribution in [-0.4, -0.2) is 34.7 Å². The normalized spacial score (nSPS) is 10.8. The number of nitrogens with zero attached hydrogens (tertiary/aromatic N) is 1. The highest BCUT2D eigenvalue weighted by molar-refractivity contribution is 7.80. The van der Waals surface area contributed by atoms with Gasteiger partial charge in [0, 0.05) is 19.5 Å². The molecule has 1 rings (SSSR count). The van der Waals surface area contributed by atoms with Gasteiger partial charge in [0.25, 0.3) is 0 Å². The van der Waals surface area contributed by atoms with Crippen LogP contribution in [0, 0.1) is 0 Å². The summed E-state index contributed by atoms with van der Waals surface area (Å²) in [4.78, 5) is 2.71. The molecule has 1 aromatic carbocycles. The number of hydrogen-bond donors (Lipinski definition) is 2. The predicted molar refractivity (Wildman–Crippen MR) is 75.0 cm³/mol. The Morgan fingerprint density at radius 1 is 1.41 bits per heavy atom. The molecule has 0 radical (unpaired) electrons. The molecule has 0 fully saturated rings. The van der Waals surface area contributed by atoms with Gasteiger partial charge < -0.3 is 10.8 Å². The Kier molecular flexibility index (Phi) is 6.11. The van der Waals surface area contributed by atoms with Gasteiger partial charge in [-0.05, 0) is 17.7 Å². The molecule has 0 aliphatic heterocycles. The number of aliphatic hydroxyl groups is 1. The number of likely N-dealkylation sites (N-methyl/N-ethyl adjacent to an activating group) is 1. The summed E-state index contributed by atoms with van der Waals surface area (Å²) in [6, 6.07) is 8.27. The van der Waals surface area contributed by atoms with Crippen LogP contribution in [0.25, 0.3) is 0 Å². The van der Waals surface area contributed by atoms with Crippen molar-refractivity contribution in [3.8, 4) is 0 Å². The fraction of sp³-hybridized carbons (Fsp3) is 0.462. The van der Waals surface area contributed by atoms with Crippen molar-refractivity contribution in [2.75, 3.05) is 19.7 Å². The SMILES string of the molecule is CCN(CCO)Cc1cccc(CC(N)=S)c1. The van der Waals surface area contributed by atoms with Gasteiger partial charge in [-0.25, -0.2) is 0 Å². The third-order valence-electron chi connectivity index (χ3n) is 2.64. The summed E-state index contributed by atoms with van der Waals surface area (Å²) in [6.45, 7) is 4.77. The lowest BCUT2D eigenvalue weighted by Gasteiger charge is -2.19. The second-order valence-electron chi connectivity index (χ2n) is 4.06. The van der Waals surface area contributed by atoms with Crippen LogP contribution in [0.1, 0.15) is 18.1 Å². The Balaban J connectivity index is 2.67. The van der Waals surface area contributed by atoms with Gasteiger partial charge in [-0.2, -0.15) is 0 Å². The molecule has 0 heterocycles. The van der Waals surface area contributed by atoms with Crippen molar-refractivity contribution in [2.45, 2.75) is 19.9 Å². The molecule has 0 bridgehead atoms. The summed E-state index contributed by atoms with van der Waals surface area (Å²) in [5.74, 6) is 0. The molecular weight excluding hydrogens is 232 g/mol. The summed E-state index contributed by atoms with van der Waals surface area (Å²) in [6.07, 6.45) is 0.648. The van der Waals surface area contributed by atoms with E-state index in [2.05, 4.69) is 24.0 Å². The van der Waals surface area contributed by atoms with Crippen LogP contribution < -0.4 is 5.73 Å². The first-order valence-electron chi connectivity index (χ1n) is 5.85. The van der Waals surface area contributed by atoms with E-state index >= 15 is 0 Å². The third-order valence-corrected chi connectivity index (χ3v) is 2.78. The van der Waals surface area contributed by atoms with E-state index < -0.39 is 0 Å². The molecular formula is C13H20N2OS. The molecule has 0 amide bonds. The van der Waals surface area contributed by atoms with Crippen LogP contribution in [0.15, 0.2) is 24.3 Å². The van der Waals surface area contributed by atoms with Crippen LogP contribution in [0.2, 0.25) is 0 Å². The third kappa shape index (κ3) is 5.26. The minimum Gasteiger partial charge on any atom is -0.395 e. The minimum atomic E-state index is 0.195. The van der Waals surface area contributed by atoms with Crippen molar-refractivity contribution < 1.29 is 5.11 Å². The lowest BCUT2D eigenvalue weighted by atomic mass is 10.1. The maximum absolute atomic E-state index is 8.94. The first-order valence-corrected chi connectivity index (χ1v) is 6.26. The van der Waals surface area contributed by atoms with Gasteiger partial charge in [-0.3, -0.25) is 4.90 Å². The van der Waals surface area contributed by atoms with Gasteiger partial charge in [0.1, 0.15) is 0 Å². The first kappa shape index (κ1) is 14.1. The Labute approximate surface area is 108 Å². The number of hydrogen-bond acceptors (Lipinski definition) is 3. The van der Waals surface area contributed by atoms with Crippen molar-refractivity contribution in [3.63, 3.8) is 0 Å². The fourth-order valence-electron chi connectivity index (χ4n) is 1.79. The van der Waals surface area contributed by atoms with Crippen LogP contribution in [0.5, 0.6) is 0 Å². The number of benzene rings is 1. The Morgan fingerprint density at radius 2 is 2.12 bits per heavy atom. The lowest BCUT2D eigenvalue weighted by molar-refractivity contribution is 0.197. The molecule has 0 saturated heterocycles. The van der Waals surface area contributed by atoms with E-state index in [9.17, 15) is 0 Å². The van der Waals surface area contributed by atoms with Crippen molar-refractivity contribution in [1.29, 1.82) is 0 Å². The van der Waals surface area contributed by atoms with Gasteiger partial charge in [-0.1, -0.05) is 43.4 Å². The molecule has 4 heteroatoms. The number of aliphatic hydroxyl groups excluding tert-OH is 1. The second-order valence-corrected chi connectivity index (χ2v) is 4.58.